The first kappa shape index (κ1) is 18.8. The standard InChI is InChI=1S/C9H7NO.C6H8O7/c11-9-6-5-7-3-1-2-4-8(7)10-9;7-3(8)1-6(13,5(11)12)2-4(9)10/h1-6H,(H,10,11);13H,1-2H2,(H,7,8)(H,9,10)(H,11,12). The minimum atomic E-state index is -2.74. The number of hydrogen-bond acceptors (Lipinski definition) is 5. The predicted octanol–water partition coefficient (Wildman–Crippen LogP) is 0.280. The van der Waals surface area contributed by atoms with Crippen LogP contribution in [0.15, 0.2) is 41.2 Å². The molecule has 1 heterocycles. The van der Waals surface area contributed by atoms with Gasteiger partial charge in [0.1, 0.15) is 0 Å². The Hall–Kier alpha value is -3.20. The molecule has 0 aliphatic rings. The molecular weight excluding hydrogens is 322 g/mol. The molecule has 2 rings (SSSR count). The number of pyridine rings is 1. The maximum atomic E-state index is 10.8. The highest BCUT2D eigenvalue weighted by Crippen LogP contribution is 2.15. The smallest absolute Gasteiger partial charge is 0.336 e. The summed E-state index contributed by atoms with van der Waals surface area (Å²) in [5.74, 6) is -5.02. The summed E-state index contributed by atoms with van der Waals surface area (Å²) in [5.41, 5.74) is -1.90. The summed E-state index contributed by atoms with van der Waals surface area (Å²) in [7, 11) is 0. The summed E-state index contributed by atoms with van der Waals surface area (Å²) in [6.07, 6.45) is -2.29. The van der Waals surface area contributed by atoms with Crippen LogP contribution in [0.25, 0.3) is 10.9 Å². The van der Waals surface area contributed by atoms with Crippen molar-refractivity contribution in [3.8, 4) is 0 Å². The minimum Gasteiger partial charge on any atom is -0.481 e. The van der Waals surface area contributed by atoms with Gasteiger partial charge in [-0.1, -0.05) is 18.2 Å². The molecule has 24 heavy (non-hydrogen) atoms. The molecular formula is C15H15NO8. The molecule has 0 unspecified atom stereocenters. The molecule has 2 aromatic rings. The van der Waals surface area contributed by atoms with Crippen LogP contribution in [-0.4, -0.2) is 48.9 Å². The Morgan fingerprint density at radius 2 is 1.46 bits per heavy atom. The van der Waals surface area contributed by atoms with Crippen LogP contribution in [0.3, 0.4) is 0 Å². The Kier molecular flexibility index (Phi) is 6.19. The molecule has 0 atom stereocenters. The number of aliphatic hydroxyl groups is 1. The first-order valence-corrected chi connectivity index (χ1v) is 6.61. The molecule has 0 saturated heterocycles. The number of carboxylic acid groups (broad SMARTS) is 3. The van der Waals surface area contributed by atoms with Gasteiger partial charge in [-0.15, -0.1) is 0 Å². The Labute approximate surface area is 134 Å². The van der Waals surface area contributed by atoms with Crippen molar-refractivity contribution < 1.29 is 34.8 Å². The van der Waals surface area contributed by atoms with Crippen LogP contribution in [0.4, 0.5) is 0 Å². The largest absolute Gasteiger partial charge is 0.481 e. The lowest BCUT2D eigenvalue weighted by Crippen LogP contribution is -2.42. The van der Waals surface area contributed by atoms with Crippen molar-refractivity contribution in [2.75, 3.05) is 0 Å². The van der Waals surface area contributed by atoms with Gasteiger partial charge in [-0.05, 0) is 17.5 Å². The summed E-state index contributed by atoms with van der Waals surface area (Å²) in [6.45, 7) is 0. The third kappa shape index (κ3) is 5.54. The first-order chi connectivity index (χ1) is 11.1. The molecule has 0 spiro atoms. The highest BCUT2D eigenvalue weighted by atomic mass is 16.4. The SMILES string of the molecule is O=C(O)CC(O)(CC(=O)O)C(=O)O.O=c1ccc2ccccc2[nH]1. The highest BCUT2D eigenvalue weighted by molar-refractivity contribution is 5.88. The number of fused-ring (bicyclic) bond motifs is 1. The van der Waals surface area contributed by atoms with Crippen molar-refractivity contribution in [2.24, 2.45) is 0 Å². The van der Waals surface area contributed by atoms with E-state index < -0.39 is 36.4 Å². The normalized spacial score (nSPS) is 10.5. The van der Waals surface area contributed by atoms with Crippen molar-refractivity contribution in [3.05, 3.63) is 46.8 Å². The maximum Gasteiger partial charge on any atom is 0.336 e. The van der Waals surface area contributed by atoms with Crippen LogP contribution in [0.5, 0.6) is 0 Å². The molecule has 0 aliphatic carbocycles. The van der Waals surface area contributed by atoms with Crippen LogP contribution >= 0.6 is 0 Å². The lowest BCUT2D eigenvalue weighted by molar-refractivity contribution is -0.170. The zero-order valence-electron chi connectivity index (χ0n) is 12.3. The Morgan fingerprint density at radius 1 is 0.917 bits per heavy atom. The Bertz CT molecular complexity index is 794. The number of aliphatic carboxylic acids is 3. The van der Waals surface area contributed by atoms with E-state index in [1.165, 1.54) is 6.07 Å². The van der Waals surface area contributed by atoms with E-state index in [0.29, 0.717) is 0 Å². The lowest BCUT2D eigenvalue weighted by Gasteiger charge is -2.18. The summed E-state index contributed by atoms with van der Waals surface area (Å²) in [6, 6.07) is 11.0. The molecule has 0 fully saturated rings. The second-order valence-corrected chi connectivity index (χ2v) is 4.89. The number of carboxylic acids is 3. The van der Waals surface area contributed by atoms with E-state index >= 15 is 0 Å². The van der Waals surface area contributed by atoms with E-state index in [9.17, 15) is 19.2 Å². The van der Waals surface area contributed by atoms with E-state index in [0.717, 1.165) is 10.9 Å². The summed E-state index contributed by atoms with van der Waals surface area (Å²) < 4.78 is 0. The average molecular weight is 337 g/mol. The van der Waals surface area contributed by atoms with Gasteiger partial charge in [0.15, 0.2) is 5.60 Å². The van der Waals surface area contributed by atoms with Gasteiger partial charge in [-0.25, -0.2) is 4.79 Å². The van der Waals surface area contributed by atoms with Crippen LogP contribution in [0, 0.1) is 0 Å². The van der Waals surface area contributed by atoms with E-state index in [4.69, 9.17) is 20.4 Å². The van der Waals surface area contributed by atoms with Crippen LogP contribution in [0.2, 0.25) is 0 Å². The van der Waals surface area contributed by atoms with Crippen molar-refractivity contribution in [1.82, 2.24) is 4.98 Å². The molecule has 1 aromatic carbocycles. The summed E-state index contributed by atoms with van der Waals surface area (Å²) >= 11 is 0. The van der Waals surface area contributed by atoms with Gasteiger partial charge in [0.2, 0.25) is 5.56 Å². The van der Waals surface area contributed by atoms with Crippen LogP contribution in [-0.2, 0) is 14.4 Å². The van der Waals surface area contributed by atoms with Crippen molar-refractivity contribution in [1.29, 1.82) is 0 Å². The number of aromatic amines is 1. The molecule has 0 saturated carbocycles. The van der Waals surface area contributed by atoms with Crippen molar-refractivity contribution >= 4 is 28.8 Å². The second kappa shape index (κ2) is 7.88. The quantitative estimate of drug-likeness (QED) is 0.519. The van der Waals surface area contributed by atoms with Gasteiger partial charge in [0.25, 0.3) is 0 Å². The number of benzene rings is 1. The Balaban J connectivity index is 0.000000242. The number of nitrogens with one attached hydrogen (secondary N) is 1. The topological polar surface area (TPSA) is 165 Å². The zero-order chi connectivity index (χ0) is 18.3. The molecule has 1 aromatic heterocycles. The monoisotopic (exact) mass is 337 g/mol. The first-order valence-electron chi connectivity index (χ1n) is 6.61. The number of para-hydroxylation sites is 1. The molecule has 9 heteroatoms. The van der Waals surface area contributed by atoms with Crippen LogP contribution < -0.4 is 5.56 Å². The number of carbonyl (C=O) groups is 3. The number of hydrogen-bond donors (Lipinski definition) is 5. The van der Waals surface area contributed by atoms with E-state index in [1.54, 1.807) is 0 Å². The number of rotatable bonds is 5. The Morgan fingerprint density at radius 3 is 1.96 bits per heavy atom. The molecule has 5 N–H and O–H groups in total. The maximum absolute atomic E-state index is 10.8. The molecule has 9 nitrogen and oxygen atoms in total. The third-order valence-electron chi connectivity index (χ3n) is 2.92. The molecule has 0 amide bonds. The summed E-state index contributed by atoms with van der Waals surface area (Å²) in [4.78, 5) is 44.0. The van der Waals surface area contributed by atoms with Gasteiger partial charge in [-0.3, -0.25) is 14.4 Å². The van der Waals surface area contributed by atoms with Crippen molar-refractivity contribution in [2.45, 2.75) is 18.4 Å². The predicted molar refractivity (Wildman–Crippen MR) is 81.7 cm³/mol. The zero-order valence-corrected chi connectivity index (χ0v) is 12.3. The minimum absolute atomic E-state index is 0.0521. The van der Waals surface area contributed by atoms with E-state index in [1.807, 2.05) is 30.3 Å². The number of H-pyrrole nitrogens is 1. The summed E-state index contributed by atoms with van der Waals surface area (Å²) in [5, 5.41) is 34.9. The molecule has 0 bridgehead atoms. The molecule has 0 radical (unpaired) electrons. The molecule has 0 aliphatic heterocycles. The van der Waals surface area contributed by atoms with E-state index in [-0.39, 0.29) is 5.56 Å². The van der Waals surface area contributed by atoms with E-state index in [2.05, 4.69) is 4.98 Å². The highest BCUT2D eigenvalue weighted by Gasteiger charge is 2.40. The fourth-order valence-electron chi connectivity index (χ4n) is 1.81. The second-order valence-electron chi connectivity index (χ2n) is 4.89. The van der Waals surface area contributed by atoms with Crippen LogP contribution in [0.1, 0.15) is 12.8 Å². The third-order valence-corrected chi connectivity index (χ3v) is 2.92. The van der Waals surface area contributed by atoms with Crippen molar-refractivity contribution in [3.63, 3.8) is 0 Å². The fraction of sp³-hybridized carbons (Fsp3) is 0.200. The lowest BCUT2D eigenvalue weighted by atomic mass is 9.96. The van der Waals surface area contributed by atoms with Gasteiger partial charge in [-0.2, -0.15) is 0 Å². The van der Waals surface area contributed by atoms with Gasteiger partial charge in [0, 0.05) is 11.6 Å². The average Bonchev–Trinajstić information content (AvgIpc) is 2.45. The fourth-order valence-corrected chi connectivity index (χ4v) is 1.81. The molecule has 128 valence electrons. The van der Waals surface area contributed by atoms with Gasteiger partial charge >= 0.3 is 17.9 Å². The van der Waals surface area contributed by atoms with Gasteiger partial charge in [0.05, 0.1) is 12.8 Å². The number of aromatic nitrogens is 1. The van der Waals surface area contributed by atoms with Gasteiger partial charge < -0.3 is 25.4 Å².